The largest absolute Gasteiger partial charge is 0.436 e. The molecule has 0 N–H and O–H groups in total. The molecule has 6 rings (SSSR count). The first kappa shape index (κ1) is 29.6. The lowest BCUT2D eigenvalue weighted by Crippen LogP contribution is -2.66. The summed E-state index contributed by atoms with van der Waals surface area (Å²) in [6.07, 6.45) is 4.05. The van der Waals surface area contributed by atoms with Crippen molar-refractivity contribution in [2.45, 2.75) is 63.3 Å². The van der Waals surface area contributed by atoms with Crippen LogP contribution in [0.5, 0.6) is 0 Å². The summed E-state index contributed by atoms with van der Waals surface area (Å²) in [5, 5.41) is 19.6. The maximum absolute atomic E-state index is 14.5. The van der Waals surface area contributed by atoms with E-state index in [1.54, 1.807) is 12.4 Å². The molecule has 0 unspecified atom stereocenters. The van der Waals surface area contributed by atoms with Crippen LogP contribution in [0.4, 0.5) is 17.6 Å². The summed E-state index contributed by atoms with van der Waals surface area (Å²) in [7, 11) is 0. The average Bonchev–Trinajstić information content (AvgIpc) is 3.62. The van der Waals surface area contributed by atoms with Gasteiger partial charge in [0.2, 0.25) is 0 Å². The Bertz CT molecular complexity index is 1750. The molecule has 2 fully saturated rings. The molecular weight excluding hydrogens is 580 g/mol. The van der Waals surface area contributed by atoms with E-state index in [0.717, 1.165) is 23.2 Å². The normalized spacial score (nSPS) is 17.9. The zero-order valence-corrected chi connectivity index (χ0v) is 24.4. The number of carbonyl (C=O) groups is 1. The van der Waals surface area contributed by atoms with Gasteiger partial charge in [-0.1, -0.05) is 0 Å². The second-order valence-electron chi connectivity index (χ2n) is 12.4. The summed E-state index contributed by atoms with van der Waals surface area (Å²) >= 11 is 0. The molecule has 2 saturated heterocycles. The topological polar surface area (TPSA) is 122 Å². The third-order valence-corrected chi connectivity index (χ3v) is 8.40. The van der Waals surface area contributed by atoms with E-state index in [-0.39, 0.29) is 31.1 Å². The zero-order valence-electron chi connectivity index (χ0n) is 24.4. The van der Waals surface area contributed by atoms with Crippen LogP contribution in [-0.2, 0) is 17.3 Å². The summed E-state index contributed by atoms with van der Waals surface area (Å²) in [6.45, 7) is 7.80. The molecule has 44 heavy (non-hydrogen) atoms. The van der Waals surface area contributed by atoms with Gasteiger partial charge >= 0.3 is 6.18 Å². The number of alkyl halides is 3. The Morgan fingerprint density at radius 2 is 1.82 bits per heavy atom. The van der Waals surface area contributed by atoms with Gasteiger partial charge in [0.25, 0.3) is 5.91 Å². The van der Waals surface area contributed by atoms with Crippen LogP contribution >= 0.6 is 0 Å². The number of halogens is 4. The molecule has 0 aliphatic carbocycles. The van der Waals surface area contributed by atoms with Gasteiger partial charge in [-0.05, 0) is 39.7 Å². The first-order valence-corrected chi connectivity index (χ1v) is 14.2. The Balaban J connectivity index is 1.14. The fraction of sp³-hybridized carbons (Fsp3) is 0.483. The zero-order chi connectivity index (χ0) is 31.4. The second kappa shape index (κ2) is 10.6. The quantitative estimate of drug-likeness (QED) is 0.308. The molecule has 0 spiro atoms. The maximum Gasteiger partial charge on any atom is 0.436 e. The van der Waals surface area contributed by atoms with Gasteiger partial charge in [-0.3, -0.25) is 14.4 Å². The summed E-state index contributed by atoms with van der Waals surface area (Å²) in [4.78, 5) is 28.5. The van der Waals surface area contributed by atoms with Gasteiger partial charge in [0.1, 0.15) is 11.9 Å². The third kappa shape index (κ3) is 5.06. The lowest BCUT2D eigenvalue weighted by atomic mass is 9.83. The van der Waals surface area contributed by atoms with E-state index in [1.807, 2.05) is 36.3 Å². The molecule has 11 nitrogen and oxygen atoms in total. The van der Waals surface area contributed by atoms with E-state index in [9.17, 15) is 27.6 Å². The van der Waals surface area contributed by atoms with Crippen LogP contribution in [0.25, 0.3) is 22.3 Å². The number of nitriles is 1. The molecule has 2 aliphatic rings. The molecule has 4 aromatic rings. The Labute approximate surface area is 250 Å². The van der Waals surface area contributed by atoms with Gasteiger partial charge in [0, 0.05) is 50.2 Å². The van der Waals surface area contributed by atoms with Crippen molar-refractivity contribution in [1.29, 1.82) is 5.26 Å². The Kier molecular flexibility index (Phi) is 7.15. The number of amides is 1. The average molecular weight is 611 g/mol. The Hall–Kier alpha value is -4.45. The first-order chi connectivity index (χ1) is 20.8. The van der Waals surface area contributed by atoms with Crippen LogP contribution in [0, 0.1) is 17.1 Å². The van der Waals surface area contributed by atoms with Crippen molar-refractivity contribution in [3.8, 4) is 17.3 Å². The van der Waals surface area contributed by atoms with Crippen LogP contribution in [0.15, 0.2) is 37.2 Å². The van der Waals surface area contributed by atoms with E-state index in [0.29, 0.717) is 37.3 Å². The molecule has 0 aromatic carbocycles. The summed E-state index contributed by atoms with van der Waals surface area (Å²) < 4.78 is 57.4. The van der Waals surface area contributed by atoms with Crippen molar-refractivity contribution >= 4 is 16.9 Å². The third-order valence-electron chi connectivity index (χ3n) is 8.40. The minimum absolute atomic E-state index is 0.0960. The molecule has 0 atom stereocenters. The Morgan fingerprint density at radius 3 is 2.48 bits per heavy atom. The van der Waals surface area contributed by atoms with Gasteiger partial charge in [-0.2, -0.15) is 28.6 Å². The van der Waals surface area contributed by atoms with E-state index in [1.165, 1.54) is 11.2 Å². The minimum atomic E-state index is -4.99. The highest BCUT2D eigenvalue weighted by atomic mass is 19.4. The predicted molar refractivity (Wildman–Crippen MR) is 149 cm³/mol. The van der Waals surface area contributed by atoms with Crippen molar-refractivity contribution in [1.82, 2.24) is 44.3 Å². The van der Waals surface area contributed by atoms with Crippen LogP contribution in [0.2, 0.25) is 0 Å². The van der Waals surface area contributed by atoms with Crippen LogP contribution in [0.3, 0.4) is 0 Å². The van der Waals surface area contributed by atoms with Gasteiger partial charge in [0.05, 0.1) is 47.1 Å². The Morgan fingerprint density at radius 1 is 1.09 bits per heavy atom. The number of piperidine rings is 1. The highest BCUT2D eigenvalue weighted by Gasteiger charge is 2.48. The molecule has 4 aromatic heterocycles. The number of hydrogen-bond acceptors (Lipinski definition) is 8. The number of pyridine rings is 1. The standard InChI is InChI=1S/C29H30F4N10O/c1-27(2,3)43-25-21(13-39-43)23(36-17-37-25)18-12-38-42(14-18)28(7-8-34)15-41(16-28)19-5-10-40(11-6-19)26(44)20-4-9-35-24(22(20)30)29(31,32)33/h4,9,12-14,17,19H,5-7,10-11,15-16H2,1-3H3. The number of likely N-dealkylation sites (tertiary alicyclic amines) is 2. The fourth-order valence-electron chi connectivity index (χ4n) is 6.13. The first-order valence-electron chi connectivity index (χ1n) is 14.2. The molecule has 2 aliphatic heterocycles. The highest BCUT2D eigenvalue weighted by Crippen LogP contribution is 2.38. The second-order valence-corrected chi connectivity index (χ2v) is 12.4. The fourth-order valence-corrected chi connectivity index (χ4v) is 6.13. The SMILES string of the molecule is CC(C)(C)n1ncc2c(-c3cnn(C4(CC#N)CN(C5CCN(C(=O)c6ccnc(C(F)(F)F)c6F)CC5)C4)c3)ncnc21. The highest BCUT2D eigenvalue weighted by molar-refractivity contribution is 5.94. The molecule has 0 bridgehead atoms. The van der Waals surface area contributed by atoms with E-state index >= 15 is 0 Å². The number of rotatable bonds is 5. The summed E-state index contributed by atoms with van der Waals surface area (Å²) in [5.74, 6) is -2.44. The van der Waals surface area contributed by atoms with E-state index in [2.05, 4.69) is 36.1 Å². The number of hydrogen-bond donors (Lipinski definition) is 0. The van der Waals surface area contributed by atoms with Crippen LogP contribution < -0.4 is 0 Å². The molecule has 230 valence electrons. The van der Waals surface area contributed by atoms with Crippen molar-refractivity contribution < 1.29 is 22.4 Å². The lowest BCUT2D eigenvalue weighted by molar-refractivity contribution is -0.143. The van der Waals surface area contributed by atoms with Crippen molar-refractivity contribution in [3.05, 3.63) is 54.3 Å². The van der Waals surface area contributed by atoms with E-state index < -0.39 is 34.7 Å². The number of nitrogens with zero attached hydrogens (tertiary/aromatic N) is 10. The maximum atomic E-state index is 14.5. The van der Waals surface area contributed by atoms with Crippen LogP contribution in [-0.4, -0.2) is 82.4 Å². The molecule has 6 heterocycles. The number of aromatic nitrogens is 7. The van der Waals surface area contributed by atoms with Crippen LogP contribution in [0.1, 0.15) is 56.1 Å². The predicted octanol–water partition coefficient (Wildman–Crippen LogP) is 4.23. The lowest BCUT2D eigenvalue weighted by Gasteiger charge is -2.53. The summed E-state index contributed by atoms with van der Waals surface area (Å²) in [6, 6.07) is 3.37. The summed E-state index contributed by atoms with van der Waals surface area (Å²) in [5.41, 5.74) is -0.943. The van der Waals surface area contributed by atoms with Gasteiger partial charge in [-0.15, -0.1) is 0 Å². The van der Waals surface area contributed by atoms with Gasteiger partial charge in [0.15, 0.2) is 17.2 Å². The molecule has 1 amide bonds. The molecule has 0 saturated carbocycles. The van der Waals surface area contributed by atoms with Gasteiger partial charge in [-0.25, -0.2) is 24.0 Å². The number of carbonyl (C=O) groups excluding carboxylic acids is 1. The monoisotopic (exact) mass is 610 g/mol. The smallest absolute Gasteiger partial charge is 0.338 e. The number of fused-ring (bicyclic) bond motifs is 1. The van der Waals surface area contributed by atoms with Gasteiger partial charge < -0.3 is 4.90 Å². The van der Waals surface area contributed by atoms with Crippen molar-refractivity contribution in [2.24, 2.45) is 0 Å². The molecule has 0 radical (unpaired) electrons. The van der Waals surface area contributed by atoms with E-state index in [4.69, 9.17) is 0 Å². The van der Waals surface area contributed by atoms with Crippen molar-refractivity contribution in [2.75, 3.05) is 26.2 Å². The minimum Gasteiger partial charge on any atom is -0.338 e. The van der Waals surface area contributed by atoms with Crippen molar-refractivity contribution in [3.63, 3.8) is 0 Å². The molecular formula is C29H30F4N10O. The molecule has 15 heteroatoms.